The Morgan fingerprint density at radius 3 is 3.00 bits per heavy atom. The van der Waals surface area contributed by atoms with Crippen LogP contribution in [0.15, 0.2) is 36.7 Å². The Kier molecular flexibility index (Phi) is 5.07. The van der Waals surface area contributed by atoms with E-state index in [1.165, 1.54) is 0 Å². The van der Waals surface area contributed by atoms with Crippen LogP contribution in [0, 0.1) is 0 Å². The fraction of sp³-hybridized carbons (Fsp3) is 0.368. The summed E-state index contributed by atoms with van der Waals surface area (Å²) in [6, 6.07) is 7.35. The molecule has 0 saturated carbocycles. The highest BCUT2D eigenvalue weighted by molar-refractivity contribution is 6.04. The molecule has 1 aliphatic rings. The SMILES string of the molecule is Cn1ccnc1C1CNCCN1C(=O)CCNC(=O)c1n[nH]c2ccccc12. The van der Waals surface area contributed by atoms with Crippen molar-refractivity contribution in [3.63, 3.8) is 0 Å². The van der Waals surface area contributed by atoms with E-state index in [1.807, 2.05) is 47.0 Å². The van der Waals surface area contributed by atoms with Crippen LogP contribution in [0.3, 0.4) is 0 Å². The second-order valence-corrected chi connectivity index (χ2v) is 6.83. The van der Waals surface area contributed by atoms with E-state index in [-0.39, 0.29) is 30.8 Å². The Hall–Kier alpha value is -3.20. The molecule has 1 saturated heterocycles. The molecule has 9 nitrogen and oxygen atoms in total. The number of aryl methyl sites for hydroxylation is 1. The Bertz CT molecular complexity index is 993. The van der Waals surface area contributed by atoms with E-state index in [4.69, 9.17) is 0 Å². The first-order valence-corrected chi connectivity index (χ1v) is 9.34. The summed E-state index contributed by atoms with van der Waals surface area (Å²) in [6.07, 6.45) is 3.84. The topological polar surface area (TPSA) is 108 Å². The third-order valence-corrected chi connectivity index (χ3v) is 5.03. The number of rotatable bonds is 5. The van der Waals surface area contributed by atoms with Gasteiger partial charge < -0.3 is 20.1 Å². The molecule has 28 heavy (non-hydrogen) atoms. The minimum atomic E-state index is -0.286. The third-order valence-electron chi connectivity index (χ3n) is 5.03. The molecular weight excluding hydrogens is 358 g/mol. The molecule has 0 spiro atoms. The number of aromatic amines is 1. The summed E-state index contributed by atoms with van der Waals surface area (Å²) >= 11 is 0. The molecule has 3 heterocycles. The summed E-state index contributed by atoms with van der Waals surface area (Å²) < 4.78 is 1.93. The van der Waals surface area contributed by atoms with E-state index in [0.29, 0.717) is 18.8 Å². The van der Waals surface area contributed by atoms with Gasteiger partial charge in [0.1, 0.15) is 11.9 Å². The number of imidazole rings is 1. The van der Waals surface area contributed by atoms with Crippen molar-refractivity contribution in [1.29, 1.82) is 0 Å². The number of para-hydroxylation sites is 1. The predicted molar refractivity (Wildman–Crippen MR) is 104 cm³/mol. The van der Waals surface area contributed by atoms with Crippen molar-refractivity contribution in [2.24, 2.45) is 7.05 Å². The third kappa shape index (κ3) is 3.48. The number of hydrogen-bond donors (Lipinski definition) is 3. The number of nitrogens with one attached hydrogen (secondary N) is 3. The highest BCUT2D eigenvalue weighted by atomic mass is 16.2. The first kappa shape index (κ1) is 18.2. The van der Waals surface area contributed by atoms with Gasteiger partial charge in [0.2, 0.25) is 5.91 Å². The zero-order valence-corrected chi connectivity index (χ0v) is 15.7. The van der Waals surface area contributed by atoms with Gasteiger partial charge in [-0.15, -0.1) is 0 Å². The van der Waals surface area contributed by atoms with E-state index in [9.17, 15) is 9.59 Å². The lowest BCUT2D eigenvalue weighted by molar-refractivity contribution is -0.134. The van der Waals surface area contributed by atoms with Crippen LogP contribution in [0.25, 0.3) is 10.9 Å². The number of aromatic nitrogens is 4. The largest absolute Gasteiger partial charge is 0.350 e. The maximum absolute atomic E-state index is 12.8. The van der Waals surface area contributed by atoms with Gasteiger partial charge in [0.15, 0.2) is 5.69 Å². The molecule has 1 unspecified atom stereocenters. The van der Waals surface area contributed by atoms with Crippen LogP contribution in [-0.4, -0.2) is 62.6 Å². The second-order valence-electron chi connectivity index (χ2n) is 6.83. The van der Waals surface area contributed by atoms with Crippen LogP contribution in [-0.2, 0) is 11.8 Å². The first-order chi connectivity index (χ1) is 13.6. The lowest BCUT2D eigenvalue weighted by Gasteiger charge is -2.35. The Balaban J connectivity index is 1.37. The number of fused-ring (bicyclic) bond motifs is 1. The molecule has 0 radical (unpaired) electrons. The van der Waals surface area contributed by atoms with Crippen molar-refractivity contribution >= 4 is 22.7 Å². The number of piperazine rings is 1. The minimum Gasteiger partial charge on any atom is -0.350 e. The number of benzene rings is 1. The van der Waals surface area contributed by atoms with Crippen molar-refractivity contribution in [1.82, 2.24) is 35.3 Å². The summed E-state index contributed by atoms with van der Waals surface area (Å²) in [5.74, 6) is 0.570. The number of carbonyl (C=O) groups excluding carboxylic acids is 2. The van der Waals surface area contributed by atoms with E-state index < -0.39 is 0 Å². The highest BCUT2D eigenvalue weighted by Gasteiger charge is 2.30. The van der Waals surface area contributed by atoms with Gasteiger partial charge in [-0.3, -0.25) is 14.7 Å². The second kappa shape index (κ2) is 7.81. The molecule has 3 N–H and O–H groups in total. The van der Waals surface area contributed by atoms with E-state index in [0.717, 1.165) is 23.3 Å². The van der Waals surface area contributed by atoms with Crippen molar-refractivity contribution in [3.8, 4) is 0 Å². The highest BCUT2D eigenvalue weighted by Crippen LogP contribution is 2.21. The van der Waals surface area contributed by atoms with Gasteiger partial charge in [0.25, 0.3) is 5.91 Å². The maximum atomic E-state index is 12.8. The number of carbonyl (C=O) groups is 2. The Labute approximate surface area is 162 Å². The smallest absolute Gasteiger partial charge is 0.272 e. The Morgan fingerprint density at radius 1 is 1.32 bits per heavy atom. The fourth-order valence-electron chi connectivity index (χ4n) is 3.58. The average molecular weight is 381 g/mol. The van der Waals surface area contributed by atoms with Crippen LogP contribution in [0.2, 0.25) is 0 Å². The van der Waals surface area contributed by atoms with E-state index >= 15 is 0 Å². The van der Waals surface area contributed by atoms with Gasteiger partial charge in [-0.2, -0.15) is 5.10 Å². The predicted octanol–water partition coefficient (Wildman–Crippen LogP) is 0.589. The zero-order chi connectivity index (χ0) is 19.5. The van der Waals surface area contributed by atoms with Crippen molar-refractivity contribution < 1.29 is 9.59 Å². The summed E-state index contributed by atoms with van der Waals surface area (Å²) in [7, 11) is 1.92. The summed E-state index contributed by atoms with van der Waals surface area (Å²) in [6.45, 7) is 2.30. The lowest BCUT2D eigenvalue weighted by atomic mass is 10.1. The van der Waals surface area contributed by atoms with Crippen LogP contribution < -0.4 is 10.6 Å². The van der Waals surface area contributed by atoms with Crippen LogP contribution in [0.4, 0.5) is 0 Å². The van der Waals surface area contributed by atoms with Gasteiger partial charge in [-0.25, -0.2) is 4.98 Å². The standard InChI is InChI=1S/C19H23N7O2/c1-25-10-9-21-18(25)15-12-20-8-11-26(15)16(27)6-7-22-19(28)17-13-4-2-3-5-14(13)23-24-17/h2-5,9-10,15,20H,6-8,11-12H2,1H3,(H,22,28)(H,23,24). The van der Waals surface area contributed by atoms with Crippen LogP contribution in [0.1, 0.15) is 28.8 Å². The molecule has 0 bridgehead atoms. The molecule has 4 rings (SSSR count). The molecule has 2 aromatic heterocycles. The van der Waals surface area contributed by atoms with Gasteiger partial charge >= 0.3 is 0 Å². The van der Waals surface area contributed by atoms with E-state index in [1.54, 1.807) is 6.20 Å². The molecule has 2 amide bonds. The summed E-state index contributed by atoms with van der Waals surface area (Å²) in [4.78, 5) is 31.4. The molecule has 1 aliphatic heterocycles. The van der Waals surface area contributed by atoms with E-state index in [2.05, 4.69) is 25.8 Å². The van der Waals surface area contributed by atoms with Crippen molar-refractivity contribution in [2.75, 3.05) is 26.2 Å². The summed E-state index contributed by atoms with van der Waals surface area (Å²) in [5, 5.41) is 13.8. The molecule has 146 valence electrons. The summed E-state index contributed by atoms with van der Waals surface area (Å²) in [5.41, 5.74) is 1.15. The molecule has 1 fully saturated rings. The zero-order valence-electron chi connectivity index (χ0n) is 15.7. The molecular formula is C19H23N7O2. The van der Waals surface area contributed by atoms with Crippen LogP contribution >= 0.6 is 0 Å². The molecule has 9 heteroatoms. The molecule has 1 atom stereocenters. The minimum absolute atomic E-state index is 0.00156. The maximum Gasteiger partial charge on any atom is 0.272 e. The molecule has 3 aromatic rings. The quantitative estimate of drug-likeness (QED) is 0.600. The molecule has 0 aliphatic carbocycles. The lowest BCUT2D eigenvalue weighted by Crippen LogP contribution is -2.50. The van der Waals surface area contributed by atoms with Crippen molar-refractivity contribution in [2.45, 2.75) is 12.5 Å². The average Bonchev–Trinajstić information content (AvgIpc) is 3.34. The number of hydrogen-bond acceptors (Lipinski definition) is 5. The van der Waals surface area contributed by atoms with Gasteiger partial charge in [0.05, 0.1) is 5.52 Å². The first-order valence-electron chi connectivity index (χ1n) is 9.34. The van der Waals surface area contributed by atoms with Crippen molar-refractivity contribution in [3.05, 3.63) is 48.2 Å². The van der Waals surface area contributed by atoms with Gasteiger partial charge in [0, 0.05) is 57.4 Å². The molecule has 1 aromatic carbocycles. The Morgan fingerprint density at radius 2 is 2.18 bits per heavy atom. The van der Waals surface area contributed by atoms with Gasteiger partial charge in [-0.1, -0.05) is 18.2 Å². The monoisotopic (exact) mass is 381 g/mol. The normalized spacial score (nSPS) is 17.0. The number of amides is 2. The number of nitrogens with zero attached hydrogens (tertiary/aromatic N) is 4. The van der Waals surface area contributed by atoms with Gasteiger partial charge in [-0.05, 0) is 6.07 Å². The number of H-pyrrole nitrogens is 1. The van der Waals surface area contributed by atoms with Crippen LogP contribution in [0.5, 0.6) is 0 Å². The fourth-order valence-corrected chi connectivity index (χ4v) is 3.58.